The first kappa shape index (κ1) is 41.7. The lowest BCUT2D eigenvalue weighted by Crippen LogP contribution is -2.76. The first-order valence-electron chi connectivity index (χ1n) is 20.8. The van der Waals surface area contributed by atoms with Crippen molar-refractivity contribution in [2.24, 2.45) is 22.9 Å². The predicted octanol–water partition coefficient (Wildman–Crippen LogP) is 2.68. The smallest absolute Gasteiger partial charge is 0.412 e. The van der Waals surface area contributed by atoms with Crippen molar-refractivity contribution < 1.29 is 43.0 Å². The fraction of sp³-hybridized carbons (Fsp3) is 0.467. The van der Waals surface area contributed by atoms with Gasteiger partial charge in [0, 0.05) is 53.8 Å². The Bertz CT molecular complexity index is 2140. The Morgan fingerprint density at radius 3 is 1.28 bits per heavy atom. The van der Waals surface area contributed by atoms with Crippen molar-refractivity contribution in [3.05, 3.63) is 95.1 Å². The SMILES string of the molecule is COc1ccc(N2C(C3CCCN3[C@@](C(N)=O)(C(=O)OC(N)=O)C3(C)Cc4ccc3cc4)CC[C@H]2C2CCCN2[C@@](C(N)=O)(C(=O)OC(N)=O)C2(C)Cc3ccc2cc3)cc1. The van der Waals surface area contributed by atoms with Gasteiger partial charge in [-0.2, -0.15) is 0 Å². The zero-order chi connectivity index (χ0) is 43.6. The molecule has 3 fully saturated rings. The molecule has 10 rings (SSSR count). The van der Waals surface area contributed by atoms with Crippen LogP contribution in [0.3, 0.4) is 0 Å². The number of carbonyl (C=O) groups is 6. The van der Waals surface area contributed by atoms with Crippen LogP contribution in [0.4, 0.5) is 15.3 Å². The molecule has 3 saturated heterocycles. The second-order valence-electron chi connectivity index (χ2n) is 17.6. The molecule has 0 saturated carbocycles. The van der Waals surface area contributed by atoms with Crippen LogP contribution in [0.15, 0.2) is 72.8 Å². The van der Waals surface area contributed by atoms with E-state index in [0.29, 0.717) is 55.4 Å². The van der Waals surface area contributed by atoms with Crippen LogP contribution in [0.1, 0.15) is 74.6 Å². The van der Waals surface area contributed by atoms with Crippen molar-refractivity contribution in [1.82, 2.24) is 9.80 Å². The number of amides is 4. The summed E-state index contributed by atoms with van der Waals surface area (Å²) in [7, 11) is 1.57. The van der Waals surface area contributed by atoms with E-state index >= 15 is 0 Å². The van der Waals surface area contributed by atoms with Gasteiger partial charge in [0.15, 0.2) is 0 Å². The average Bonchev–Trinajstić information content (AvgIpc) is 3.99. The number of hydrogen-bond acceptors (Lipinski definition) is 12. The highest BCUT2D eigenvalue weighted by Crippen LogP contribution is 2.53. The maximum absolute atomic E-state index is 14.6. The molecule has 4 amide bonds. The number of nitrogens with zero attached hydrogens (tertiary/aromatic N) is 3. The molecule has 8 N–H and O–H groups in total. The number of nitrogens with two attached hydrogens (primary N) is 4. The van der Waals surface area contributed by atoms with E-state index in [4.69, 9.17) is 37.1 Å². The predicted molar refractivity (Wildman–Crippen MR) is 222 cm³/mol. The summed E-state index contributed by atoms with van der Waals surface area (Å²) in [5.41, 5.74) is 21.0. The minimum Gasteiger partial charge on any atom is -0.497 e. The molecule has 5 unspecified atom stereocenters. The van der Waals surface area contributed by atoms with Crippen LogP contribution in [-0.4, -0.2) is 101 Å². The number of hydrogen-bond donors (Lipinski definition) is 4. The number of primary amides is 4. The summed E-state index contributed by atoms with van der Waals surface area (Å²) in [5.74, 6) is -3.57. The van der Waals surface area contributed by atoms with Crippen molar-refractivity contribution in [3.8, 4) is 5.75 Å². The molecule has 7 aliphatic rings. The lowest BCUT2D eigenvalue weighted by molar-refractivity contribution is -0.167. The number of methoxy groups -OCH3 is 1. The first-order chi connectivity index (χ1) is 29.0. The monoisotopic (exact) mass is 835 g/mol. The number of esters is 2. The summed E-state index contributed by atoms with van der Waals surface area (Å²) in [5, 5.41) is 0. The zero-order valence-electron chi connectivity index (χ0n) is 34.6. The van der Waals surface area contributed by atoms with Gasteiger partial charge in [-0.25, -0.2) is 19.2 Å². The minimum absolute atomic E-state index is 0.278. The van der Waals surface area contributed by atoms with Gasteiger partial charge in [-0.1, -0.05) is 62.4 Å². The molecule has 3 aromatic rings. The normalized spacial score (nSPS) is 28.8. The number of carbonyl (C=O) groups excluding carboxylic acids is 6. The van der Waals surface area contributed by atoms with Gasteiger partial charge in [0.05, 0.1) is 7.11 Å². The number of fused-ring (bicyclic) bond motifs is 6. The third-order valence-corrected chi connectivity index (χ3v) is 14.8. The summed E-state index contributed by atoms with van der Waals surface area (Å²) in [4.78, 5) is 88.6. The highest BCUT2D eigenvalue weighted by atomic mass is 16.6. The van der Waals surface area contributed by atoms with Crippen molar-refractivity contribution in [2.75, 3.05) is 25.1 Å². The molecule has 16 heteroatoms. The van der Waals surface area contributed by atoms with Crippen molar-refractivity contribution >= 4 is 41.6 Å². The highest BCUT2D eigenvalue weighted by molar-refractivity contribution is 6.12. The van der Waals surface area contributed by atoms with Crippen LogP contribution in [0.25, 0.3) is 0 Å². The Kier molecular flexibility index (Phi) is 10.4. The van der Waals surface area contributed by atoms with Crippen LogP contribution in [0.5, 0.6) is 5.75 Å². The van der Waals surface area contributed by atoms with E-state index in [0.717, 1.165) is 16.8 Å². The number of benzene rings is 3. The van der Waals surface area contributed by atoms with Crippen molar-refractivity contribution in [1.29, 1.82) is 0 Å². The van der Waals surface area contributed by atoms with Crippen molar-refractivity contribution in [2.45, 2.75) is 111 Å². The van der Waals surface area contributed by atoms with E-state index in [2.05, 4.69) is 4.90 Å². The number of anilines is 1. The molecule has 0 radical (unpaired) electrons. The van der Waals surface area contributed by atoms with Crippen LogP contribution < -0.4 is 32.6 Å². The Balaban J connectivity index is 1.27. The molecule has 4 bridgehead atoms. The average molecular weight is 836 g/mol. The van der Waals surface area contributed by atoms with Gasteiger partial charge in [-0.05, 0) is 97.9 Å². The van der Waals surface area contributed by atoms with Gasteiger partial charge in [-0.3, -0.25) is 19.4 Å². The molecule has 16 nitrogen and oxygen atoms in total. The van der Waals surface area contributed by atoms with Gasteiger partial charge >= 0.3 is 24.1 Å². The second kappa shape index (κ2) is 15.2. The van der Waals surface area contributed by atoms with Crippen LogP contribution in [-0.2, 0) is 52.3 Å². The molecule has 61 heavy (non-hydrogen) atoms. The van der Waals surface area contributed by atoms with Gasteiger partial charge in [0.25, 0.3) is 11.8 Å². The summed E-state index contributed by atoms with van der Waals surface area (Å²) in [6.45, 7) is 4.17. The molecule has 3 aromatic carbocycles. The van der Waals surface area contributed by atoms with Gasteiger partial charge in [0.1, 0.15) is 5.75 Å². The Morgan fingerprint density at radius 1 is 0.574 bits per heavy atom. The molecular formula is C45H53N7O9. The van der Waals surface area contributed by atoms with E-state index in [-0.39, 0.29) is 38.0 Å². The standard InChI is InChI=1S/C45H53N7O9/c1-42(24-26-8-12-28(42)13-9-26)44(36(46)53,38(55)60-40(48)57)50-22-4-6-32(50)34-20-21-35(52(34)30-16-18-31(59-3)19-17-30)33-7-5-23-51(33)45(37(47)54,39(56)61-41(49)58)43(2)25-27-10-14-29(43)15-11-27/h8-19,32-35H,4-7,20-25H2,1-3H3,(H2,46,53)(H2,47,54)(H2,48,57)(H2,49,58)/t32?,33?,34-,35?,42?,43?,44-,45-/m0/s1. The maximum Gasteiger partial charge on any atom is 0.412 e. The Hall–Kier alpha value is -6.00. The van der Waals surface area contributed by atoms with E-state index in [1.54, 1.807) is 21.0 Å². The third-order valence-electron chi connectivity index (χ3n) is 14.8. The fourth-order valence-corrected chi connectivity index (χ4v) is 12.3. The lowest BCUT2D eigenvalue weighted by Gasteiger charge is -2.55. The maximum atomic E-state index is 14.6. The molecule has 4 aliphatic carbocycles. The fourth-order valence-electron chi connectivity index (χ4n) is 12.3. The van der Waals surface area contributed by atoms with Gasteiger partial charge in [0.2, 0.25) is 11.1 Å². The quantitative estimate of drug-likeness (QED) is 0.152. The Morgan fingerprint density at radius 2 is 0.967 bits per heavy atom. The summed E-state index contributed by atoms with van der Waals surface area (Å²) < 4.78 is 15.9. The third kappa shape index (κ3) is 6.08. The Labute approximate surface area is 353 Å². The molecule has 3 heterocycles. The number of ether oxygens (including phenoxy) is 3. The molecule has 0 aromatic heterocycles. The number of rotatable bonds is 12. The van der Waals surface area contributed by atoms with Crippen LogP contribution in [0.2, 0.25) is 0 Å². The highest BCUT2D eigenvalue weighted by Gasteiger charge is 2.70. The van der Waals surface area contributed by atoms with E-state index in [9.17, 15) is 28.8 Å². The zero-order valence-corrected chi connectivity index (χ0v) is 34.6. The summed E-state index contributed by atoms with van der Waals surface area (Å²) in [6, 6.07) is 20.9. The van der Waals surface area contributed by atoms with E-state index in [1.165, 1.54) is 0 Å². The summed E-state index contributed by atoms with van der Waals surface area (Å²) >= 11 is 0. The minimum atomic E-state index is -2.16. The van der Waals surface area contributed by atoms with E-state index in [1.807, 2.05) is 82.6 Å². The molecule has 0 spiro atoms. The second-order valence-corrected chi connectivity index (χ2v) is 17.6. The van der Waals surface area contributed by atoms with E-state index < -0.39 is 69.9 Å². The molecule has 8 atom stereocenters. The largest absolute Gasteiger partial charge is 0.497 e. The molecule has 322 valence electrons. The lowest BCUT2D eigenvalue weighted by atomic mass is 9.59. The first-order valence-corrected chi connectivity index (χ1v) is 20.8. The van der Waals surface area contributed by atoms with Crippen LogP contribution >= 0.6 is 0 Å². The summed E-state index contributed by atoms with van der Waals surface area (Å²) in [6.07, 6.45) is 1.24. The topological polar surface area (TPSA) is 244 Å². The van der Waals surface area contributed by atoms with Gasteiger partial charge < -0.3 is 42.0 Å². The number of likely N-dealkylation sites (tertiary alicyclic amines) is 2. The molecule has 3 aliphatic heterocycles. The van der Waals surface area contributed by atoms with Crippen molar-refractivity contribution in [3.63, 3.8) is 0 Å². The molecular weight excluding hydrogens is 783 g/mol. The van der Waals surface area contributed by atoms with Crippen LogP contribution in [0, 0.1) is 0 Å². The van der Waals surface area contributed by atoms with Gasteiger partial charge in [-0.15, -0.1) is 0 Å².